The maximum atomic E-state index is 12.6. The number of aliphatic hydroxyl groups is 1. The second kappa shape index (κ2) is 8.03. The van der Waals surface area contributed by atoms with Crippen LogP contribution in [0.2, 0.25) is 0 Å². The maximum absolute atomic E-state index is 12.6. The largest absolute Gasteiger partial charge is 1.00 e. The van der Waals surface area contributed by atoms with Crippen LogP contribution in [0, 0.1) is 28.6 Å². The van der Waals surface area contributed by atoms with Crippen molar-refractivity contribution in [1.29, 1.82) is 0 Å². The molecule has 0 saturated heterocycles. The van der Waals surface area contributed by atoms with Gasteiger partial charge in [0.1, 0.15) is 5.60 Å². The zero-order valence-corrected chi connectivity index (χ0v) is 21.9. The number of Topliss-reactive ketones (excluding diaryl/α,β-unsaturated/α-hetero) is 1. The molecule has 158 valence electrons. The predicted molar refractivity (Wildman–Crippen MR) is 102 cm³/mol. The van der Waals surface area contributed by atoms with Crippen molar-refractivity contribution in [3.05, 3.63) is 11.6 Å². The van der Waals surface area contributed by atoms with E-state index in [1.165, 1.54) is 12.5 Å². The van der Waals surface area contributed by atoms with E-state index in [0.29, 0.717) is 31.1 Å². The van der Waals surface area contributed by atoms with E-state index in [1.807, 2.05) is 6.92 Å². The Balaban J connectivity index is 0.00000240. The molecule has 4 aliphatic rings. The van der Waals surface area contributed by atoms with Gasteiger partial charge in [-0.15, -0.1) is 0 Å². The smallest absolute Gasteiger partial charge is 0.725 e. The van der Waals surface area contributed by atoms with Crippen molar-refractivity contribution >= 4 is 16.2 Å². The van der Waals surface area contributed by atoms with Gasteiger partial charge in [-0.2, -0.15) is 0 Å². The second-order valence-electron chi connectivity index (χ2n) is 10.0. The molecular weight excluding hydrogens is 419 g/mol. The number of fused-ring (bicyclic) bond motifs is 5. The van der Waals surface area contributed by atoms with Gasteiger partial charge in [0.2, 0.25) is 10.4 Å². The number of carbonyl (C=O) groups is 1. The van der Waals surface area contributed by atoms with Crippen molar-refractivity contribution in [2.45, 2.75) is 83.8 Å². The molecule has 0 aromatic heterocycles. The van der Waals surface area contributed by atoms with Crippen LogP contribution in [0.1, 0.15) is 72.1 Å². The Kier molecular flexibility index (Phi) is 6.79. The summed E-state index contributed by atoms with van der Waals surface area (Å²) in [6.45, 7) is 5.63. The Morgan fingerprint density at radius 3 is 2.45 bits per heavy atom. The van der Waals surface area contributed by atoms with Gasteiger partial charge in [0, 0.05) is 5.41 Å². The Bertz CT molecular complexity index is 825. The molecule has 0 bridgehead atoms. The molecule has 0 spiro atoms. The molecule has 8 heteroatoms. The predicted octanol–water partition coefficient (Wildman–Crippen LogP) is 0.119. The number of aliphatic hydroxyl groups excluding tert-OH is 1. The average Bonchev–Trinajstić information content (AvgIpc) is 2.88. The van der Waals surface area contributed by atoms with E-state index in [9.17, 15) is 22.9 Å². The van der Waals surface area contributed by atoms with Crippen molar-refractivity contribution in [3.8, 4) is 0 Å². The minimum Gasteiger partial charge on any atom is -0.725 e. The number of allylic oxidation sites excluding steroid dienone is 1. The molecule has 7 atom stereocenters. The van der Waals surface area contributed by atoms with Gasteiger partial charge in [0.05, 0.1) is 6.10 Å². The standard InChI is InChI=1S/C21H32O6S.K/c1-13(22)21(27-28(24,25)26)11-8-18-16-5-4-14-12-15(23)6-9-19(14,2)17(16)7-10-20(18,21)3;/h4,15-18,23H,5-12H2,1-3H3,(H,24,25,26);/q;+1/p-1/t15-,16+,17-,18-,19-,20-,21-;/m0./s1. The summed E-state index contributed by atoms with van der Waals surface area (Å²) in [6, 6.07) is 0. The molecule has 0 heterocycles. The van der Waals surface area contributed by atoms with Crippen LogP contribution in [0.5, 0.6) is 0 Å². The van der Waals surface area contributed by atoms with Crippen LogP contribution >= 0.6 is 0 Å². The number of hydrogen-bond donors (Lipinski definition) is 1. The zero-order chi connectivity index (χ0) is 20.5. The van der Waals surface area contributed by atoms with Crippen molar-refractivity contribution < 1.29 is 78.4 Å². The first-order valence-electron chi connectivity index (χ1n) is 10.5. The second-order valence-corrected chi connectivity index (χ2v) is 11.0. The van der Waals surface area contributed by atoms with E-state index in [4.69, 9.17) is 4.18 Å². The van der Waals surface area contributed by atoms with Gasteiger partial charge in [-0.3, -0.25) is 8.98 Å². The van der Waals surface area contributed by atoms with E-state index >= 15 is 0 Å². The first-order valence-corrected chi connectivity index (χ1v) is 11.8. The molecule has 3 fully saturated rings. The zero-order valence-electron chi connectivity index (χ0n) is 17.9. The SMILES string of the molecule is CC(=O)[C@@]1(OS(=O)(=O)[O-])CC[C@H]2[C@@H]3CC=C4C[C@@H](O)CC[C@]4(C)[C@H]3CC[C@@]21C.[K+]. The van der Waals surface area contributed by atoms with Crippen LogP contribution in [0.25, 0.3) is 0 Å². The third kappa shape index (κ3) is 3.72. The van der Waals surface area contributed by atoms with Crippen molar-refractivity contribution in [3.63, 3.8) is 0 Å². The number of rotatable bonds is 3. The van der Waals surface area contributed by atoms with Crippen LogP contribution in [-0.2, 0) is 19.4 Å². The van der Waals surface area contributed by atoms with Gasteiger partial charge >= 0.3 is 51.4 Å². The summed E-state index contributed by atoms with van der Waals surface area (Å²) < 4.78 is 39.6. The van der Waals surface area contributed by atoms with Gasteiger partial charge in [0.15, 0.2) is 5.78 Å². The van der Waals surface area contributed by atoms with Gasteiger partial charge in [0.25, 0.3) is 0 Å². The molecular formula is C21H31KO6S. The number of ketones is 1. The summed E-state index contributed by atoms with van der Waals surface area (Å²) in [5.74, 6) is 0.611. The van der Waals surface area contributed by atoms with Crippen LogP contribution < -0.4 is 51.4 Å². The minimum atomic E-state index is -4.98. The third-order valence-electron chi connectivity index (χ3n) is 9.01. The van der Waals surface area contributed by atoms with E-state index in [1.54, 1.807) is 0 Å². The Morgan fingerprint density at radius 2 is 1.83 bits per heavy atom. The topological polar surface area (TPSA) is 104 Å². The van der Waals surface area contributed by atoms with Crippen molar-refractivity contribution in [1.82, 2.24) is 0 Å². The third-order valence-corrected chi connectivity index (χ3v) is 9.50. The summed E-state index contributed by atoms with van der Waals surface area (Å²) >= 11 is 0. The molecule has 0 amide bonds. The fourth-order valence-electron chi connectivity index (χ4n) is 7.59. The van der Waals surface area contributed by atoms with Crippen molar-refractivity contribution in [2.75, 3.05) is 0 Å². The van der Waals surface area contributed by atoms with Gasteiger partial charge in [-0.05, 0) is 81.5 Å². The summed E-state index contributed by atoms with van der Waals surface area (Å²) in [4.78, 5) is 12.6. The summed E-state index contributed by atoms with van der Waals surface area (Å²) in [5.41, 5.74) is -0.744. The molecule has 4 aliphatic carbocycles. The Morgan fingerprint density at radius 1 is 1.17 bits per heavy atom. The Labute approximate surface area is 216 Å². The summed E-state index contributed by atoms with van der Waals surface area (Å²) in [6.07, 6.45) is 8.01. The molecule has 3 saturated carbocycles. The molecule has 29 heavy (non-hydrogen) atoms. The molecule has 6 nitrogen and oxygen atoms in total. The normalized spacial score (nSPS) is 46.6. The van der Waals surface area contributed by atoms with Crippen LogP contribution in [-0.4, -0.2) is 35.6 Å². The van der Waals surface area contributed by atoms with Crippen molar-refractivity contribution in [2.24, 2.45) is 28.6 Å². The molecule has 1 N–H and O–H groups in total. The molecule has 0 aromatic rings. The molecule has 4 rings (SSSR count). The van der Waals surface area contributed by atoms with E-state index < -0.39 is 21.4 Å². The number of carbonyl (C=O) groups excluding carboxylic acids is 1. The minimum absolute atomic E-state index is 0. The van der Waals surface area contributed by atoms with Gasteiger partial charge < -0.3 is 9.66 Å². The fourth-order valence-corrected chi connectivity index (χ4v) is 8.33. The van der Waals surface area contributed by atoms with Crippen LogP contribution in [0.3, 0.4) is 0 Å². The van der Waals surface area contributed by atoms with Gasteiger partial charge in [-0.25, -0.2) is 8.42 Å². The van der Waals surface area contributed by atoms with Crippen LogP contribution in [0.15, 0.2) is 11.6 Å². The van der Waals surface area contributed by atoms with E-state index in [0.717, 1.165) is 32.1 Å². The first kappa shape index (κ1) is 24.5. The molecule has 0 radical (unpaired) electrons. The van der Waals surface area contributed by atoms with E-state index in [-0.39, 0.29) is 74.6 Å². The number of hydrogen-bond acceptors (Lipinski definition) is 6. The fraction of sp³-hybridized carbons (Fsp3) is 0.857. The molecule has 0 aromatic carbocycles. The van der Waals surface area contributed by atoms with Gasteiger partial charge in [-0.1, -0.05) is 25.5 Å². The quantitative estimate of drug-likeness (QED) is 0.283. The van der Waals surface area contributed by atoms with Crippen LogP contribution in [0.4, 0.5) is 0 Å². The van der Waals surface area contributed by atoms with E-state index in [2.05, 4.69) is 13.0 Å². The first-order chi connectivity index (χ1) is 12.9. The molecule has 0 aliphatic heterocycles. The average molecular weight is 451 g/mol. The summed E-state index contributed by atoms with van der Waals surface area (Å²) in [5, 5.41) is 10.1. The maximum Gasteiger partial charge on any atom is 1.00 e. The monoisotopic (exact) mass is 450 g/mol. The molecule has 0 unspecified atom stereocenters. The Hall–Kier alpha value is 0.876. The summed E-state index contributed by atoms with van der Waals surface area (Å²) in [7, 11) is -4.98.